The summed E-state index contributed by atoms with van der Waals surface area (Å²) in [5, 5.41) is 13.4. The molecule has 1 amide bonds. The van der Waals surface area contributed by atoms with Gasteiger partial charge in [0.25, 0.3) is 0 Å². The Labute approximate surface area is 117 Å². The van der Waals surface area contributed by atoms with Crippen molar-refractivity contribution in [2.24, 2.45) is 0 Å². The van der Waals surface area contributed by atoms with Gasteiger partial charge in [0.2, 0.25) is 5.91 Å². The van der Waals surface area contributed by atoms with Gasteiger partial charge in [0.15, 0.2) is 0 Å². The molecular weight excluding hydrogens is 262 g/mol. The van der Waals surface area contributed by atoms with Crippen LogP contribution in [-0.2, 0) is 16.0 Å². The maximum absolute atomic E-state index is 11.5. The predicted molar refractivity (Wildman–Crippen MR) is 76.3 cm³/mol. The van der Waals surface area contributed by atoms with Gasteiger partial charge in [-0.3, -0.25) is 9.59 Å². The zero-order valence-electron chi connectivity index (χ0n) is 11.2. The minimum absolute atomic E-state index is 0.0237. The van der Waals surface area contributed by atoms with Crippen LogP contribution in [0.15, 0.2) is 17.5 Å². The van der Waals surface area contributed by atoms with E-state index >= 15 is 0 Å². The highest BCUT2D eigenvalue weighted by atomic mass is 32.1. The molecule has 0 saturated heterocycles. The molecule has 2 N–H and O–H groups in total. The molecule has 0 aliphatic rings. The molecule has 1 atom stereocenters. The SMILES string of the molecule is CC(CC(=O)O)NC(=O)CCCCCc1cccs1. The van der Waals surface area contributed by atoms with Crippen LogP contribution in [0.1, 0.15) is 43.9 Å². The molecule has 1 heterocycles. The van der Waals surface area contributed by atoms with Gasteiger partial charge in [-0.05, 0) is 37.6 Å². The average Bonchev–Trinajstić information content (AvgIpc) is 2.80. The Morgan fingerprint density at radius 2 is 2.16 bits per heavy atom. The number of carbonyl (C=O) groups is 2. The topological polar surface area (TPSA) is 66.4 Å². The maximum Gasteiger partial charge on any atom is 0.305 e. The molecule has 0 radical (unpaired) electrons. The zero-order chi connectivity index (χ0) is 14.1. The minimum atomic E-state index is -0.885. The number of carboxylic acid groups (broad SMARTS) is 1. The second kappa shape index (κ2) is 8.69. The molecule has 106 valence electrons. The van der Waals surface area contributed by atoms with Gasteiger partial charge in [0.1, 0.15) is 0 Å². The van der Waals surface area contributed by atoms with E-state index < -0.39 is 5.97 Å². The van der Waals surface area contributed by atoms with Crippen LogP contribution in [-0.4, -0.2) is 23.0 Å². The van der Waals surface area contributed by atoms with E-state index in [9.17, 15) is 9.59 Å². The summed E-state index contributed by atoms with van der Waals surface area (Å²) in [7, 11) is 0. The summed E-state index contributed by atoms with van der Waals surface area (Å²) < 4.78 is 0. The van der Waals surface area contributed by atoms with Crippen molar-refractivity contribution in [1.29, 1.82) is 0 Å². The summed E-state index contributed by atoms with van der Waals surface area (Å²) in [4.78, 5) is 23.4. The highest BCUT2D eigenvalue weighted by Crippen LogP contribution is 2.13. The fourth-order valence-electron chi connectivity index (χ4n) is 1.88. The van der Waals surface area contributed by atoms with Gasteiger partial charge < -0.3 is 10.4 Å². The average molecular weight is 283 g/mol. The lowest BCUT2D eigenvalue weighted by Crippen LogP contribution is -2.33. The minimum Gasteiger partial charge on any atom is -0.481 e. The van der Waals surface area contributed by atoms with Gasteiger partial charge in [-0.25, -0.2) is 0 Å². The molecule has 0 aliphatic heterocycles. The summed E-state index contributed by atoms with van der Waals surface area (Å²) in [5.41, 5.74) is 0. The summed E-state index contributed by atoms with van der Waals surface area (Å²) >= 11 is 1.77. The van der Waals surface area contributed by atoms with E-state index in [-0.39, 0.29) is 18.4 Å². The molecule has 0 fully saturated rings. The molecular formula is C14H21NO3S. The van der Waals surface area contributed by atoms with Crippen molar-refractivity contribution in [2.75, 3.05) is 0 Å². The van der Waals surface area contributed by atoms with E-state index in [4.69, 9.17) is 5.11 Å². The molecule has 0 aromatic carbocycles. The van der Waals surface area contributed by atoms with Crippen molar-refractivity contribution in [3.8, 4) is 0 Å². The van der Waals surface area contributed by atoms with Gasteiger partial charge in [-0.15, -0.1) is 11.3 Å². The van der Waals surface area contributed by atoms with E-state index in [0.717, 1.165) is 25.7 Å². The van der Waals surface area contributed by atoms with Crippen molar-refractivity contribution in [3.63, 3.8) is 0 Å². The number of rotatable bonds is 9. The number of amides is 1. The first-order chi connectivity index (χ1) is 9.08. The Morgan fingerprint density at radius 3 is 2.79 bits per heavy atom. The molecule has 1 aromatic heterocycles. The molecule has 1 unspecified atom stereocenters. The highest BCUT2D eigenvalue weighted by molar-refractivity contribution is 7.09. The molecule has 0 saturated carbocycles. The number of unbranched alkanes of at least 4 members (excludes halogenated alkanes) is 2. The number of hydrogen-bond donors (Lipinski definition) is 2. The van der Waals surface area contributed by atoms with Crippen LogP contribution in [0.2, 0.25) is 0 Å². The number of aliphatic carboxylic acids is 1. The quantitative estimate of drug-likeness (QED) is 0.685. The lowest BCUT2D eigenvalue weighted by molar-refractivity contribution is -0.137. The van der Waals surface area contributed by atoms with Crippen molar-refractivity contribution in [1.82, 2.24) is 5.32 Å². The molecule has 1 rings (SSSR count). The first-order valence-electron chi connectivity index (χ1n) is 6.61. The van der Waals surface area contributed by atoms with Crippen molar-refractivity contribution < 1.29 is 14.7 Å². The fourth-order valence-corrected chi connectivity index (χ4v) is 2.63. The summed E-state index contributed by atoms with van der Waals surface area (Å²) in [5.74, 6) is -0.936. The number of aryl methyl sites for hydroxylation is 1. The third kappa shape index (κ3) is 7.62. The third-order valence-electron chi connectivity index (χ3n) is 2.80. The van der Waals surface area contributed by atoms with Crippen LogP contribution in [0, 0.1) is 0 Å². The monoisotopic (exact) mass is 283 g/mol. The molecule has 0 aliphatic carbocycles. The third-order valence-corrected chi connectivity index (χ3v) is 3.73. The standard InChI is InChI=1S/C14H21NO3S/c1-11(10-14(17)18)15-13(16)8-4-2-3-6-12-7-5-9-19-12/h5,7,9,11H,2-4,6,8,10H2,1H3,(H,15,16)(H,17,18). The Kier molecular flexibility index (Phi) is 7.18. The van der Waals surface area contributed by atoms with Gasteiger partial charge in [-0.2, -0.15) is 0 Å². The number of carboxylic acids is 1. The van der Waals surface area contributed by atoms with Gasteiger partial charge in [-0.1, -0.05) is 12.5 Å². The van der Waals surface area contributed by atoms with Crippen LogP contribution in [0.5, 0.6) is 0 Å². The van der Waals surface area contributed by atoms with E-state index in [0.29, 0.717) is 6.42 Å². The van der Waals surface area contributed by atoms with Crippen LogP contribution < -0.4 is 5.32 Å². The number of thiophene rings is 1. The molecule has 0 spiro atoms. The molecule has 19 heavy (non-hydrogen) atoms. The van der Waals surface area contributed by atoms with Crippen molar-refractivity contribution in [2.45, 2.75) is 51.5 Å². The Hall–Kier alpha value is -1.36. The van der Waals surface area contributed by atoms with Crippen LogP contribution in [0.3, 0.4) is 0 Å². The van der Waals surface area contributed by atoms with Crippen LogP contribution in [0.25, 0.3) is 0 Å². The summed E-state index contributed by atoms with van der Waals surface area (Å²) in [6, 6.07) is 3.89. The van der Waals surface area contributed by atoms with Gasteiger partial charge >= 0.3 is 5.97 Å². The normalized spacial score (nSPS) is 12.1. The fraction of sp³-hybridized carbons (Fsp3) is 0.571. The summed E-state index contributed by atoms with van der Waals surface area (Å²) in [6.45, 7) is 1.71. The van der Waals surface area contributed by atoms with E-state index in [1.165, 1.54) is 4.88 Å². The maximum atomic E-state index is 11.5. The molecule has 0 bridgehead atoms. The predicted octanol–water partition coefficient (Wildman–Crippen LogP) is 2.83. The van der Waals surface area contributed by atoms with Crippen LogP contribution >= 0.6 is 11.3 Å². The summed E-state index contributed by atoms with van der Waals surface area (Å²) in [6.07, 6.45) is 4.52. The number of nitrogens with one attached hydrogen (secondary N) is 1. The number of hydrogen-bond acceptors (Lipinski definition) is 3. The van der Waals surface area contributed by atoms with E-state index in [1.807, 2.05) is 0 Å². The van der Waals surface area contributed by atoms with Crippen molar-refractivity contribution in [3.05, 3.63) is 22.4 Å². The lowest BCUT2D eigenvalue weighted by atomic mass is 10.1. The largest absolute Gasteiger partial charge is 0.481 e. The van der Waals surface area contributed by atoms with Gasteiger partial charge in [0.05, 0.1) is 6.42 Å². The molecule has 5 heteroatoms. The lowest BCUT2D eigenvalue weighted by Gasteiger charge is -2.11. The zero-order valence-corrected chi connectivity index (χ0v) is 12.0. The van der Waals surface area contributed by atoms with Gasteiger partial charge in [0, 0.05) is 17.3 Å². The smallest absolute Gasteiger partial charge is 0.305 e. The second-order valence-electron chi connectivity index (χ2n) is 4.71. The molecule has 4 nitrogen and oxygen atoms in total. The first kappa shape index (κ1) is 15.7. The van der Waals surface area contributed by atoms with Crippen LogP contribution in [0.4, 0.5) is 0 Å². The molecule has 1 aromatic rings. The van der Waals surface area contributed by atoms with Crippen molar-refractivity contribution >= 4 is 23.2 Å². The van der Waals surface area contributed by atoms with E-state index in [2.05, 4.69) is 22.8 Å². The van der Waals surface area contributed by atoms with E-state index in [1.54, 1.807) is 18.3 Å². The first-order valence-corrected chi connectivity index (χ1v) is 7.49. The Balaban J connectivity index is 2.02. The Morgan fingerprint density at radius 1 is 1.37 bits per heavy atom. The highest BCUT2D eigenvalue weighted by Gasteiger charge is 2.10. The second-order valence-corrected chi connectivity index (χ2v) is 5.74. The Bertz CT molecular complexity index is 389. The number of carbonyl (C=O) groups excluding carboxylic acids is 1.